The first-order valence-corrected chi connectivity index (χ1v) is 11.1. The van der Waals surface area contributed by atoms with Crippen molar-refractivity contribution in [1.29, 1.82) is 0 Å². The highest BCUT2D eigenvalue weighted by Crippen LogP contribution is 2.38. The lowest BCUT2D eigenvalue weighted by Crippen LogP contribution is -2.22. The van der Waals surface area contributed by atoms with Crippen LogP contribution in [0.5, 0.6) is 5.75 Å². The molecule has 0 fully saturated rings. The van der Waals surface area contributed by atoms with Crippen LogP contribution in [0.3, 0.4) is 0 Å². The molecule has 0 saturated carbocycles. The van der Waals surface area contributed by atoms with E-state index >= 15 is 0 Å². The van der Waals surface area contributed by atoms with E-state index in [9.17, 15) is 19.5 Å². The summed E-state index contributed by atoms with van der Waals surface area (Å²) in [5, 5.41) is 13.6. The number of phenols is 1. The van der Waals surface area contributed by atoms with Crippen molar-refractivity contribution in [3.05, 3.63) is 113 Å². The van der Waals surface area contributed by atoms with E-state index < -0.39 is 0 Å². The Kier molecular flexibility index (Phi) is 5.63. The molecule has 2 N–H and O–H groups in total. The molecule has 0 saturated heterocycles. The number of anilines is 2. The third-order valence-corrected chi connectivity index (χ3v) is 5.95. The first kappa shape index (κ1) is 22.1. The minimum absolute atomic E-state index is 0.0177. The fourth-order valence-electron chi connectivity index (χ4n) is 4.19. The van der Waals surface area contributed by atoms with Crippen molar-refractivity contribution in [2.45, 2.75) is 13.5 Å². The molecule has 0 radical (unpaired) electrons. The molecule has 0 bridgehead atoms. The highest BCUT2D eigenvalue weighted by Gasteiger charge is 2.33. The number of carbonyl (C=O) groups excluding carboxylic acids is 3. The van der Waals surface area contributed by atoms with E-state index in [-0.39, 0.29) is 41.0 Å². The van der Waals surface area contributed by atoms with E-state index in [0.29, 0.717) is 16.8 Å². The number of fused-ring (bicyclic) bond motifs is 2. The molecule has 0 atom stereocenters. The van der Waals surface area contributed by atoms with Crippen LogP contribution in [0, 0.1) is 0 Å². The van der Waals surface area contributed by atoms with Crippen molar-refractivity contribution in [3.8, 4) is 16.9 Å². The zero-order valence-electron chi connectivity index (χ0n) is 18.9. The lowest BCUT2D eigenvalue weighted by Gasteiger charge is -2.21. The highest BCUT2D eigenvalue weighted by atomic mass is 16.5. The average molecular weight is 463 g/mol. The standard InChI is InChI=1S/C29H21NO5/c1-17(31)35-16-18-6-8-19(9-7-18)20-10-12-21(13-11-20)30-24-14-15-25(32)27-26(24)28(33)22-4-2-3-5-23(22)29(27)34/h2-15,30,32H,16H2,1H3. The average Bonchev–Trinajstić information content (AvgIpc) is 2.88. The number of benzene rings is 4. The molecule has 0 aromatic heterocycles. The van der Waals surface area contributed by atoms with Gasteiger partial charge in [0.05, 0.1) is 16.8 Å². The molecule has 6 nitrogen and oxygen atoms in total. The van der Waals surface area contributed by atoms with Crippen molar-refractivity contribution >= 4 is 28.9 Å². The van der Waals surface area contributed by atoms with Crippen LogP contribution in [0.2, 0.25) is 0 Å². The number of ether oxygens (including phenoxy) is 1. The van der Waals surface area contributed by atoms with Crippen molar-refractivity contribution in [3.63, 3.8) is 0 Å². The molecule has 35 heavy (non-hydrogen) atoms. The maximum absolute atomic E-state index is 13.2. The highest BCUT2D eigenvalue weighted by molar-refractivity contribution is 6.31. The second-order valence-corrected chi connectivity index (χ2v) is 8.27. The van der Waals surface area contributed by atoms with Gasteiger partial charge in [0.1, 0.15) is 12.4 Å². The van der Waals surface area contributed by atoms with E-state index in [4.69, 9.17) is 4.74 Å². The van der Waals surface area contributed by atoms with Crippen molar-refractivity contribution in [1.82, 2.24) is 0 Å². The van der Waals surface area contributed by atoms with Gasteiger partial charge in [0.15, 0.2) is 11.6 Å². The number of carbonyl (C=O) groups is 3. The second kappa shape index (κ2) is 8.91. The quantitative estimate of drug-likeness (QED) is 0.259. The Labute approximate surface area is 201 Å². The van der Waals surface area contributed by atoms with Gasteiger partial charge in [0.2, 0.25) is 0 Å². The van der Waals surface area contributed by atoms with Crippen LogP contribution in [0.15, 0.2) is 84.9 Å². The Morgan fingerprint density at radius 1 is 0.771 bits per heavy atom. The van der Waals surface area contributed by atoms with E-state index in [1.165, 1.54) is 13.0 Å². The van der Waals surface area contributed by atoms with Crippen LogP contribution in [-0.2, 0) is 16.1 Å². The molecule has 6 heteroatoms. The van der Waals surface area contributed by atoms with Gasteiger partial charge in [-0.05, 0) is 41.0 Å². The Bertz CT molecular complexity index is 1470. The summed E-state index contributed by atoms with van der Waals surface area (Å²) in [6.07, 6.45) is 0. The maximum Gasteiger partial charge on any atom is 0.302 e. The molecule has 4 aromatic carbocycles. The fourth-order valence-corrected chi connectivity index (χ4v) is 4.19. The molecule has 172 valence electrons. The number of phenolic OH excluding ortho intramolecular Hbond substituents is 1. The van der Waals surface area contributed by atoms with Gasteiger partial charge in [-0.2, -0.15) is 0 Å². The molecular formula is C29H21NO5. The lowest BCUT2D eigenvalue weighted by molar-refractivity contribution is -0.142. The summed E-state index contributed by atoms with van der Waals surface area (Å²) in [5.74, 6) is -1.21. The van der Waals surface area contributed by atoms with E-state index in [0.717, 1.165) is 22.4 Å². The van der Waals surface area contributed by atoms with Gasteiger partial charge in [-0.3, -0.25) is 14.4 Å². The van der Waals surface area contributed by atoms with Crippen LogP contribution in [-0.4, -0.2) is 22.6 Å². The van der Waals surface area contributed by atoms with Gasteiger partial charge < -0.3 is 15.2 Å². The first-order valence-electron chi connectivity index (χ1n) is 11.1. The van der Waals surface area contributed by atoms with E-state index in [1.54, 1.807) is 30.3 Å². The number of esters is 1. The van der Waals surface area contributed by atoms with Gasteiger partial charge in [-0.25, -0.2) is 0 Å². The van der Waals surface area contributed by atoms with Crippen LogP contribution >= 0.6 is 0 Å². The predicted molar refractivity (Wildman–Crippen MR) is 132 cm³/mol. The number of nitrogens with one attached hydrogen (secondary N) is 1. The van der Waals surface area contributed by atoms with E-state index in [2.05, 4.69) is 5.32 Å². The number of aromatic hydroxyl groups is 1. The minimum atomic E-state index is -0.371. The molecule has 1 aliphatic rings. The largest absolute Gasteiger partial charge is 0.507 e. The zero-order valence-corrected chi connectivity index (χ0v) is 18.9. The zero-order chi connectivity index (χ0) is 24.5. The topological polar surface area (TPSA) is 92.7 Å². The van der Waals surface area contributed by atoms with E-state index in [1.807, 2.05) is 48.5 Å². The molecule has 1 aliphatic carbocycles. The maximum atomic E-state index is 13.2. The molecule has 5 rings (SSSR count). The summed E-state index contributed by atoms with van der Waals surface area (Å²) in [6, 6.07) is 25.0. The number of ketones is 2. The third-order valence-electron chi connectivity index (χ3n) is 5.95. The van der Waals surface area contributed by atoms with Crippen molar-refractivity contribution < 1.29 is 24.2 Å². The molecular weight excluding hydrogens is 442 g/mol. The van der Waals surface area contributed by atoms with Crippen LogP contribution < -0.4 is 5.32 Å². The summed E-state index contributed by atoms with van der Waals surface area (Å²) in [5.41, 5.74) is 4.88. The summed E-state index contributed by atoms with van der Waals surface area (Å²) in [6.45, 7) is 1.62. The van der Waals surface area contributed by atoms with Crippen LogP contribution in [0.1, 0.15) is 44.3 Å². The molecule has 0 amide bonds. The summed E-state index contributed by atoms with van der Waals surface area (Å²) in [4.78, 5) is 37.2. The number of rotatable bonds is 5. The smallest absolute Gasteiger partial charge is 0.302 e. The van der Waals surface area contributed by atoms with Crippen LogP contribution in [0.25, 0.3) is 11.1 Å². The SMILES string of the molecule is CC(=O)OCc1ccc(-c2ccc(Nc3ccc(O)c4c3C(=O)c3ccccc3C4=O)cc2)cc1. The normalized spacial score (nSPS) is 12.0. The third kappa shape index (κ3) is 4.17. The Morgan fingerprint density at radius 2 is 1.34 bits per heavy atom. The number of hydrogen-bond acceptors (Lipinski definition) is 6. The van der Waals surface area contributed by atoms with Crippen molar-refractivity contribution in [2.24, 2.45) is 0 Å². The summed E-state index contributed by atoms with van der Waals surface area (Å²) < 4.78 is 5.02. The summed E-state index contributed by atoms with van der Waals surface area (Å²) in [7, 11) is 0. The Balaban J connectivity index is 1.41. The van der Waals surface area contributed by atoms with Gasteiger partial charge in [0, 0.05) is 23.7 Å². The second-order valence-electron chi connectivity index (χ2n) is 8.27. The lowest BCUT2D eigenvalue weighted by atomic mass is 9.82. The Hall–Kier alpha value is -4.71. The minimum Gasteiger partial charge on any atom is -0.507 e. The van der Waals surface area contributed by atoms with Gasteiger partial charge in [-0.1, -0.05) is 60.7 Å². The van der Waals surface area contributed by atoms with Gasteiger partial charge in [-0.15, -0.1) is 0 Å². The van der Waals surface area contributed by atoms with Gasteiger partial charge >= 0.3 is 5.97 Å². The monoisotopic (exact) mass is 463 g/mol. The summed E-state index contributed by atoms with van der Waals surface area (Å²) >= 11 is 0. The molecule has 4 aromatic rings. The fraction of sp³-hybridized carbons (Fsp3) is 0.0690. The predicted octanol–water partition coefficient (Wildman–Crippen LogP) is 5.64. The molecule has 0 heterocycles. The molecule has 0 spiro atoms. The molecule has 0 unspecified atom stereocenters. The van der Waals surface area contributed by atoms with Gasteiger partial charge in [0.25, 0.3) is 0 Å². The number of hydrogen-bond donors (Lipinski definition) is 2. The Morgan fingerprint density at radius 3 is 1.94 bits per heavy atom. The first-order chi connectivity index (χ1) is 16.9. The van der Waals surface area contributed by atoms with Crippen LogP contribution in [0.4, 0.5) is 11.4 Å². The van der Waals surface area contributed by atoms with Crippen molar-refractivity contribution in [2.75, 3.05) is 5.32 Å². The molecule has 0 aliphatic heterocycles.